The molecule has 0 aliphatic carbocycles. The van der Waals surface area contributed by atoms with Gasteiger partial charge >= 0.3 is 0 Å². The number of aromatic nitrogens is 1. The van der Waals surface area contributed by atoms with Gasteiger partial charge in [0.2, 0.25) is 0 Å². The zero-order chi connectivity index (χ0) is 17.2. The molecule has 0 bridgehead atoms. The number of piperidine rings is 1. The Morgan fingerprint density at radius 3 is 2.76 bits per heavy atom. The number of hydrogen-bond donors (Lipinski definition) is 1. The van der Waals surface area contributed by atoms with Crippen molar-refractivity contribution in [2.24, 2.45) is 5.92 Å². The Morgan fingerprint density at radius 1 is 1.24 bits per heavy atom. The molecule has 0 amide bonds. The third-order valence-electron chi connectivity index (χ3n) is 6.16. The van der Waals surface area contributed by atoms with E-state index in [-0.39, 0.29) is 6.04 Å². The Kier molecular flexibility index (Phi) is 3.67. The molecule has 1 N–H and O–H groups in total. The number of benzene rings is 1. The summed E-state index contributed by atoms with van der Waals surface area (Å²) in [6, 6.07) is 8.13. The summed E-state index contributed by atoms with van der Waals surface area (Å²) in [7, 11) is 0. The van der Waals surface area contributed by atoms with Gasteiger partial charge in [-0.2, -0.15) is 0 Å². The van der Waals surface area contributed by atoms with Crippen LogP contribution in [0.4, 0.5) is 0 Å². The number of para-hydroxylation sites is 1. The van der Waals surface area contributed by atoms with Crippen LogP contribution in [0.15, 0.2) is 24.3 Å². The van der Waals surface area contributed by atoms with Crippen molar-refractivity contribution < 1.29 is 14.6 Å². The lowest BCUT2D eigenvalue weighted by atomic mass is 9.82. The molecule has 3 aliphatic heterocycles. The van der Waals surface area contributed by atoms with Gasteiger partial charge in [0.05, 0.1) is 35.5 Å². The van der Waals surface area contributed by atoms with Crippen molar-refractivity contribution in [1.29, 1.82) is 0 Å². The van der Waals surface area contributed by atoms with Gasteiger partial charge < -0.3 is 19.1 Å². The Hall–Kier alpha value is -1.11. The number of hydrogen-bond acceptors (Lipinski definition) is 4. The zero-order valence-electron chi connectivity index (χ0n) is 14.3. The first-order chi connectivity index (χ1) is 12.1. The summed E-state index contributed by atoms with van der Waals surface area (Å²) in [4.78, 5) is 2.36. The van der Waals surface area contributed by atoms with E-state index in [1.54, 1.807) is 0 Å². The fourth-order valence-electron chi connectivity index (χ4n) is 5.01. The number of nitrogens with zero attached hydrogens (tertiary/aromatic N) is 2. The molecule has 1 aromatic heterocycles. The van der Waals surface area contributed by atoms with E-state index in [0.29, 0.717) is 25.7 Å². The normalized spacial score (nSPS) is 31.4. The molecule has 134 valence electrons. The number of fused-ring (bicyclic) bond motifs is 5. The van der Waals surface area contributed by atoms with Crippen LogP contribution in [0.3, 0.4) is 0 Å². The Balaban J connectivity index is 1.66. The van der Waals surface area contributed by atoms with Crippen LogP contribution in [0.25, 0.3) is 10.9 Å². The molecule has 3 atom stereocenters. The second kappa shape index (κ2) is 5.69. The maximum atomic E-state index is 10.8. The Labute approximate surface area is 152 Å². The Bertz CT molecular complexity index is 814. The van der Waals surface area contributed by atoms with Crippen molar-refractivity contribution in [3.63, 3.8) is 0 Å². The molecule has 1 spiro atoms. The van der Waals surface area contributed by atoms with Gasteiger partial charge in [-0.05, 0) is 12.5 Å². The summed E-state index contributed by atoms with van der Waals surface area (Å²) in [6.07, 6.45) is 1.17. The molecular formula is C19H23ClN2O3. The molecule has 0 unspecified atom stereocenters. The lowest BCUT2D eigenvalue weighted by molar-refractivity contribution is -0.239. The third-order valence-corrected chi connectivity index (χ3v) is 6.56. The van der Waals surface area contributed by atoms with Crippen molar-refractivity contribution >= 4 is 22.5 Å². The Morgan fingerprint density at radius 2 is 2.00 bits per heavy atom. The van der Waals surface area contributed by atoms with Gasteiger partial charge in [0, 0.05) is 30.8 Å². The summed E-state index contributed by atoms with van der Waals surface area (Å²) in [5.41, 5.74) is 1.99. The highest BCUT2D eigenvalue weighted by Gasteiger charge is 2.53. The third kappa shape index (κ3) is 2.17. The molecule has 4 heterocycles. The second-order valence-electron chi connectivity index (χ2n) is 7.35. The lowest BCUT2D eigenvalue weighted by Gasteiger charge is -2.51. The van der Waals surface area contributed by atoms with Crippen LogP contribution in [0, 0.1) is 5.92 Å². The molecule has 25 heavy (non-hydrogen) atoms. The molecule has 3 aliphatic rings. The average Bonchev–Trinajstić information content (AvgIpc) is 3.20. The van der Waals surface area contributed by atoms with Gasteiger partial charge in [-0.25, -0.2) is 0 Å². The van der Waals surface area contributed by atoms with Crippen LogP contribution in [-0.4, -0.2) is 46.7 Å². The standard InChI is InChI=1S/C19H23ClN2O3/c1-2-12-10-21-11-16(23)22-14-6-4-3-5-13(14)17(20)18(22)15(21)9-19(12)24-7-8-25-19/h3-6,12,15-16,23H,2,7-11H2,1H3/t12-,15-,16-/m0/s1. The first-order valence-electron chi connectivity index (χ1n) is 9.13. The van der Waals surface area contributed by atoms with E-state index in [0.717, 1.165) is 41.0 Å². The number of aliphatic hydroxyl groups excluding tert-OH is 1. The van der Waals surface area contributed by atoms with Gasteiger partial charge in [-0.3, -0.25) is 4.90 Å². The molecule has 2 aromatic rings. The number of halogens is 1. The molecule has 2 saturated heterocycles. The second-order valence-corrected chi connectivity index (χ2v) is 7.73. The minimum absolute atomic E-state index is 0.101. The molecule has 5 rings (SSSR count). The first-order valence-corrected chi connectivity index (χ1v) is 9.51. The molecule has 6 heteroatoms. The zero-order valence-corrected chi connectivity index (χ0v) is 15.1. The molecule has 0 radical (unpaired) electrons. The molecule has 1 aromatic carbocycles. The van der Waals surface area contributed by atoms with Crippen LogP contribution in [-0.2, 0) is 9.47 Å². The minimum atomic E-state index is -0.583. The SMILES string of the molecule is CC[C@H]1CN2C[C@H](O)n3c(c(Cl)c4ccccc43)[C@@H]2CC12OCCO2. The van der Waals surface area contributed by atoms with E-state index in [1.165, 1.54) is 0 Å². The average molecular weight is 363 g/mol. The smallest absolute Gasteiger partial charge is 0.174 e. The largest absolute Gasteiger partial charge is 0.372 e. The maximum Gasteiger partial charge on any atom is 0.174 e. The van der Waals surface area contributed by atoms with Crippen LogP contribution in [0.2, 0.25) is 5.02 Å². The fraction of sp³-hybridized carbons (Fsp3) is 0.579. The predicted octanol–water partition coefficient (Wildman–Crippen LogP) is 3.32. The van der Waals surface area contributed by atoms with Gasteiger partial charge in [-0.15, -0.1) is 0 Å². The first kappa shape index (κ1) is 16.1. The highest BCUT2D eigenvalue weighted by Crippen LogP contribution is 2.51. The van der Waals surface area contributed by atoms with Crippen LogP contribution >= 0.6 is 11.6 Å². The minimum Gasteiger partial charge on any atom is -0.372 e. The highest BCUT2D eigenvalue weighted by atomic mass is 35.5. The summed E-state index contributed by atoms with van der Waals surface area (Å²) < 4.78 is 14.3. The topological polar surface area (TPSA) is 46.9 Å². The van der Waals surface area contributed by atoms with Crippen molar-refractivity contribution in [3.8, 4) is 0 Å². The van der Waals surface area contributed by atoms with Gasteiger partial charge in [0.25, 0.3) is 0 Å². The van der Waals surface area contributed by atoms with E-state index in [2.05, 4.69) is 11.8 Å². The summed E-state index contributed by atoms with van der Waals surface area (Å²) >= 11 is 6.79. The van der Waals surface area contributed by atoms with Crippen LogP contribution in [0.1, 0.15) is 37.7 Å². The van der Waals surface area contributed by atoms with Crippen molar-refractivity contribution in [3.05, 3.63) is 35.0 Å². The van der Waals surface area contributed by atoms with E-state index in [4.69, 9.17) is 21.1 Å². The van der Waals surface area contributed by atoms with E-state index >= 15 is 0 Å². The summed E-state index contributed by atoms with van der Waals surface area (Å²) in [5, 5.41) is 12.6. The molecule has 2 fully saturated rings. The monoisotopic (exact) mass is 362 g/mol. The van der Waals surface area contributed by atoms with Crippen molar-refractivity contribution in [2.75, 3.05) is 26.3 Å². The number of rotatable bonds is 1. The van der Waals surface area contributed by atoms with Crippen LogP contribution in [0.5, 0.6) is 0 Å². The molecule has 5 nitrogen and oxygen atoms in total. The van der Waals surface area contributed by atoms with Gasteiger partial charge in [0.15, 0.2) is 5.79 Å². The summed E-state index contributed by atoms with van der Waals surface area (Å²) in [5.74, 6) is -0.198. The van der Waals surface area contributed by atoms with Gasteiger partial charge in [-0.1, -0.05) is 36.7 Å². The van der Waals surface area contributed by atoms with Gasteiger partial charge in [0.1, 0.15) is 6.23 Å². The molecular weight excluding hydrogens is 340 g/mol. The number of ether oxygens (including phenoxy) is 2. The summed E-state index contributed by atoms with van der Waals surface area (Å²) in [6.45, 7) is 4.96. The van der Waals surface area contributed by atoms with E-state index < -0.39 is 12.0 Å². The van der Waals surface area contributed by atoms with E-state index in [9.17, 15) is 5.11 Å². The quantitative estimate of drug-likeness (QED) is 0.845. The van der Waals surface area contributed by atoms with E-state index in [1.807, 2.05) is 28.8 Å². The van der Waals surface area contributed by atoms with Crippen molar-refractivity contribution in [1.82, 2.24) is 9.47 Å². The van der Waals surface area contributed by atoms with Crippen molar-refractivity contribution in [2.45, 2.75) is 37.8 Å². The van der Waals surface area contributed by atoms with Crippen LogP contribution < -0.4 is 0 Å². The highest BCUT2D eigenvalue weighted by molar-refractivity contribution is 6.36. The fourth-order valence-corrected chi connectivity index (χ4v) is 5.39. The predicted molar refractivity (Wildman–Crippen MR) is 95.6 cm³/mol. The number of aliphatic hydroxyl groups is 1. The maximum absolute atomic E-state index is 10.8. The molecule has 0 saturated carbocycles. The lowest BCUT2D eigenvalue weighted by Crippen LogP contribution is -2.56.